The predicted molar refractivity (Wildman–Crippen MR) is 94.0 cm³/mol. The Kier molecular flexibility index (Phi) is 6.63. The van der Waals surface area contributed by atoms with Crippen molar-refractivity contribution in [3.63, 3.8) is 0 Å². The van der Waals surface area contributed by atoms with Gasteiger partial charge in [-0.3, -0.25) is 4.79 Å². The van der Waals surface area contributed by atoms with Crippen LogP contribution in [0, 0.1) is 0 Å². The number of ether oxygens (including phenoxy) is 1. The van der Waals surface area contributed by atoms with E-state index < -0.39 is 11.7 Å². The van der Waals surface area contributed by atoms with Crippen LogP contribution >= 0.6 is 0 Å². The molecule has 2 aromatic carbocycles. The number of methoxy groups -OCH3 is 1. The molecule has 0 aromatic heterocycles. The van der Waals surface area contributed by atoms with Gasteiger partial charge in [-0.1, -0.05) is 30.3 Å². The number of amides is 1. The number of para-hydroxylation sites is 2. The summed E-state index contributed by atoms with van der Waals surface area (Å²) in [5, 5.41) is 2.75. The standard InChI is InChI=1S/C19H21F3N2O2/c1-24(13-14-7-3-4-8-15(14)19(20,21)22)12-11-18(25)23-16-9-5-6-10-17(16)26-2/h3-10H,11-13H2,1-2H3,(H,23,25). The maximum atomic E-state index is 13.0. The fourth-order valence-electron chi connectivity index (χ4n) is 2.56. The van der Waals surface area contributed by atoms with E-state index in [1.165, 1.54) is 19.2 Å². The first-order valence-corrected chi connectivity index (χ1v) is 8.07. The minimum absolute atomic E-state index is 0.109. The van der Waals surface area contributed by atoms with E-state index in [0.29, 0.717) is 18.0 Å². The molecule has 0 aliphatic carbocycles. The van der Waals surface area contributed by atoms with Crippen molar-refractivity contribution in [1.29, 1.82) is 0 Å². The highest BCUT2D eigenvalue weighted by Crippen LogP contribution is 2.32. The number of alkyl halides is 3. The summed E-state index contributed by atoms with van der Waals surface area (Å²) < 4.78 is 44.3. The third-order valence-corrected chi connectivity index (χ3v) is 3.86. The summed E-state index contributed by atoms with van der Waals surface area (Å²) in [6, 6.07) is 12.5. The number of nitrogens with zero attached hydrogens (tertiary/aromatic N) is 1. The summed E-state index contributed by atoms with van der Waals surface area (Å²) in [5.74, 6) is 0.318. The fraction of sp³-hybridized carbons (Fsp3) is 0.316. The van der Waals surface area contributed by atoms with E-state index in [1.54, 1.807) is 42.3 Å². The highest BCUT2D eigenvalue weighted by molar-refractivity contribution is 5.92. The number of carbonyl (C=O) groups excluding carboxylic acids is 1. The van der Waals surface area contributed by atoms with Crippen molar-refractivity contribution in [1.82, 2.24) is 4.90 Å². The average Bonchev–Trinajstić information content (AvgIpc) is 2.60. The summed E-state index contributed by atoms with van der Waals surface area (Å²) in [7, 11) is 3.19. The minimum Gasteiger partial charge on any atom is -0.495 e. The van der Waals surface area contributed by atoms with Gasteiger partial charge in [-0.05, 0) is 30.8 Å². The van der Waals surface area contributed by atoms with Crippen LogP contribution in [-0.2, 0) is 17.5 Å². The monoisotopic (exact) mass is 366 g/mol. The lowest BCUT2D eigenvalue weighted by atomic mass is 10.1. The number of hydrogen-bond acceptors (Lipinski definition) is 3. The zero-order valence-corrected chi connectivity index (χ0v) is 14.6. The van der Waals surface area contributed by atoms with Gasteiger partial charge in [0.15, 0.2) is 0 Å². The van der Waals surface area contributed by atoms with Crippen LogP contribution in [0.4, 0.5) is 18.9 Å². The predicted octanol–water partition coefficient (Wildman–Crippen LogP) is 4.17. The van der Waals surface area contributed by atoms with Crippen LogP contribution in [0.1, 0.15) is 17.5 Å². The molecule has 1 N–H and O–H groups in total. The van der Waals surface area contributed by atoms with Gasteiger partial charge < -0.3 is 15.0 Å². The van der Waals surface area contributed by atoms with Crippen LogP contribution in [0.2, 0.25) is 0 Å². The summed E-state index contributed by atoms with van der Waals surface area (Å²) in [6.07, 6.45) is -4.23. The largest absolute Gasteiger partial charge is 0.495 e. The van der Waals surface area contributed by atoms with Gasteiger partial charge in [-0.25, -0.2) is 0 Å². The Labute approximate surface area is 150 Å². The molecule has 140 valence electrons. The maximum Gasteiger partial charge on any atom is 0.416 e. The molecule has 26 heavy (non-hydrogen) atoms. The van der Waals surface area contributed by atoms with Gasteiger partial charge in [0.2, 0.25) is 5.91 Å². The van der Waals surface area contributed by atoms with E-state index in [0.717, 1.165) is 6.07 Å². The molecule has 0 heterocycles. The van der Waals surface area contributed by atoms with Crippen molar-refractivity contribution in [3.8, 4) is 5.75 Å². The maximum absolute atomic E-state index is 13.0. The quantitative estimate of drug-likeness (QED) is 0.800. The second-order valence-electron chi connectivity index (χ2n) is 5.89. The zero-order chi connectivity index (χ0) is 19.2. The lowest BCUT2D eigenvalue weighted by molar-refractivity contribution is -0.138. The number of halogens is 3. The highest BCUT2D eigenvalue weighted by atomic mass is 19.4. The summed E-state index contributed by atoms with van der Waals surface area (Å²) in [5.41, 5.74) is 0.100. The van der Waals surface area contributed by atoms with Gasteiger partial charge in [0, 0.05) is 19.5 Å². The van der Waals surface area contributed by atoms with Gasteiger partial charge in [-0.15, -0.1) is 0 Å². The van der Waals surface area contributed by atoms with Gasteiger partial charge in [0.05, 0.1) is 18.4 Å². The molecule has 0 fully saturated rings. The fourth-order valence-corrected chi connectivity index (χ4v) is 2.56. The van der Waals surface area contributed by atoms with Gasteiger partial charge >= 0.3 is 6.18 Å². The van der Waals surface area contributed by atoms with Crippen molar-refractivity contribution in [2.45, 2.75) is 19.1 Å². The summed E-state index contributed by atoms with van der Waals surface area (Å²) in [4.78, 5) is 13.8. The Morgan fingerprint density at radius 1 is 1.12 bits per heavy atom. The molecule has 0 saturated heterocycles. The Morgan fingerprint density at radius 2 is 1.77 bits per heavy atom. The van der Waals surface area contributed by atoms with Crippen molar-refractivity contribution >= 4 is 11.6 Å². The molecule has 0 atom stereocenters. The molecule has 0 aliphatic rings. The van der Waals surface area contributed by atoms with E-state index in [1.807, 2.05) is 0 Å². The molecule has 7 heteroatoms. The van der Waals surface area contributed by atoms with Crippen LogP contribution in [0.25, 0.3) is 0 Å². The van der Waals surface area contributed by atoms with Gasteiger partial charge in [0.25, 0.3) is 0 Å². The average molecular weight is 366 g/mol. The normalized spacial score (nSPS) is 11.5. The first-order valence-electron chi connectivity index (χ1n) is 8.07. The molecule has 4 nitrogen and oxygen atoms in total. The summed E-state index contributed by atoms with van der Waals surface area (Å²) in [6.45, 7) is 0.435. The van der Waals surface area contributed by atoms with Crippen molar-refractivity contribution in [2.75, 3.05) is 26.0 Å². The molecule has 0 aliphatic heterocycles. The van der Waals surface area contributed by atoms with Crippen LogP contribution in [-0.4, -0.2) is 31.5 Å². The minimum atomic E-state index is -4.39. The number of hydrogen-bond donors (Lipinski definition) is 1. The summed E-state index contributed by atoms with van der Waals surface area (Å²) >= 11 is 0. The van der Waals surface area contributed by atoms with Crippen molar-refractivity contribution < 1.29 is 22.7 Å². The molecule has 0 spiro atoms. The van der Waals surface area contributed by atoms with E-state index in [9.17, 15) is 18.0 Å². The second-order valence-corrected chi connectivity index (χ2v) is 5.89. The smallest absolute Gasteiger partial charge is 0.416 e. The molecule has 2 aromatic rings. The van der Waals surface area contributed by atoms with Crippen LogP contribution < -0.4 is 10.1 Å². The molecular formula is C19H21F3N2O2. The number of rotatable bonds is 7. The van der Waals surface area contributed by atoms with Crippen LogP contribution in [0.15, 0.2) is 48.5 Å². The lowest BCUT2D eigenvalue weighted by Gasteiger charge is -2.19. The van der Waals surface area contributed by atoms with E-state index in [4.69, 9.17) is 4.74 Å². The van der Waals surface area contributed by atoms with Crippen molar-refractivity contribution in [2.24, 2.45) is 0 Å². The van der Waals surface area contributed by atoms with E-state index in [2.05, 4.69) is 5.32 Å². The highest BCUT2D eigenvalue weighted by Gasteiger charge is 2.32. The van der Waals surface area contributed by atoms with Crippen LogP contribution in [0.3, 0.4) is 0 Å². The Morgan fingerprint density at radius 3 is 2.46 bits per heavy atom. The number of carbonyl (C=O) groups is 1. The Hall–Kier alpha value is -2.54. The number of benzene rings is 2. The first-order chi connectivity index (χ1) is 12.3. The molecule has 0 saturated carbocycles. The Bertz CT molecular complexity index is 748. The first kappa shape index (κ1) is 19.8. The SMILES string of the molecule is COc1ccccc1NC(=O)CCN(C)Cc1ccccc1C(F)(F)F. The third kappa shape index (κ3) is 5.49. The third-order valence-electron chi connectivity index (χ3n) is 3.86. The van der Waals surface area contributed by atoms with E-state index in [-0.39, 0.29) is 24.4 Å². The molecule has 1 amide bonds. The molecule has 0 bridgehead atoms. The molecule has 0 radical (unpaired) electrons. The second kappa shape index (κ2) is 8.71. The zero-order valence-electron chi connectivity index (χ0n) is 14.6. The van der Waals surface area contributed by atoms with Crippen molar-refractivity contribution in [3.05, 3.63) is 59.7 Å². The molecule has 2 rings (SSSR count). The topological polar surface area (TPSA) is 41.6 Å². The molecule has 0 unspecified atom stereocenters. The van der Waals surface area contributed by atoms with Gasteiger partial charge in [0.1, 0.15) is 5.75 Å². The lowest BCUT2D eigenvalue weighted by Crippen LogP contribution is -2.25. The number of anilines is 1. The molecular weight excluding hydrogens is 345 g/mol. The van der Waals surface area contributed by atoms with Gasteiger partial charge in [-0.2, -0.15) is 13.2 Å². The Balaban J connectivity index is 1.91. The van der Waals surface area contributed by atoms with E-state index >= 15 is 0 Å². The van der Waals surface area contributed by atoms with Crippen LogP contribution in [0.5, 0.6) is 5.75 Å². The number of nitrogens with one attached hydrogen (secondary N) is 1.